The van der Waals surface area contributed by atoms with E-state index in [2.05, 4.69) is 0 Å². The Morgan fingerprint density at radius 2 is 0.806 bits per heavy atom. The SMILES string of the molecule is Nc1ccc(Oc2ccc(-c3ccc(Oc4ccc(N)cc4)cc3S(=O)(=O)O)c(S(=O)(=O)O)c2)cc1. The molecule has 0 amide bonds. The predicted octanol–water partition coefficient (Wildman–Crippen LogP) is 4.60. The molecule has 0 aliphatic rings. The third kappa shape index (κ3) is 5.75. The van der Waals surface area contributed by atoms with Gasteiger partial charge in [0.05, 0.1) is 0 Å². The number of nitrogen functional groups attached to an aromatic ring is 2. The van der Waals surface area contributed by atoms with Crippen molar-refractivity contribution < 1.29 is 35.4 Å². The van der Waals surface area contributed by atoms with Crippen molar-refractivity contribution in [3.8, 4) is 34.1 Å². The van der Waals surface area contributed by atoms with Crippen LogP contribution in [0.15, 0.2) is 94.7 Å². The molecule has 0 fully saturated rings. The van der Waals surface area contributed by atoms with E-state index in [1.807, 2.05) is 0 Å². The zero-order valence-electron chi connectivity index (χ0n) is 18.4. The van der Waals surface area contributed by atoms with E-state index >= 15 is 0 Å². The fourth-order valence-electron chi connectivity index (χ4n) is 3.35. The van der Waals surface area contributed by atoms with Gasteiger partial charge >= 0.3 is 0 Å². The van der Waals surface area contributed by atoms with Crippen molar-refractivity contribution in [2.75, 3.05) is 11.5 Å². The second kappa shape index (κ2) is 9.51. The zero-order valence-corrected chi connectivity index (χ0v) is 20.0. The maximum absolute atomic E-state index is 12.2. The normalized spacial score (nSPS) is 11.7. The first kappa shape index (κ1) is 25.0. The molecule has 0 bridgehead atoms. The lowest BCUT2D eigenvalue weighted by Gasteiger charge is -2.15. The zero-order chi connectivity index (χ0) is 26.1. The highest BCUT2D eigenvalue weighted by Gasteiger charge is 2.25. The van der Waals surface area contributed by atoms with Crippen LogP contribution in [0.25, 0.3) is 11.1 Å². The molecule has 6 N–H and O–H groups in total. The minimum absolute atomic E-state index is 0.0489. The van der Waals surface area contributed by atoms with Gasteiger partial charge in [-0.2, -0.15) is 16.8 Å². The molecule has 0 saturated heterocycles. The number of hydrogen-bond donors (Lipinski definition) is 4. The molecule has 4 aromatic carbocycles. The Kier molecular flexibility index (Phi) is 6.61. The van der Waals surface area contributed by atoms with Gasteiger partial charge in [-0.3, -0.25) is 9.11 Å². The highest BCUT2D eigenvalue weighted by molar-refractivity contribution is 7.86. The maximum atomic E-state index is 12.2. The second-order valence-corrected chi connectivity index (χ2v) is 10.4. The summed E-state index contributed by atoms with van der Waals surface area (Å²) in [6, 6.07) is 19.9. The van der Waals surface area contributed by atoms with Gasteiger partial charge in [0, 0.05) is 34.6 Å². The highest BCUT2D eigenvalue weighted by atomic mass is 32.2. The van der Waals surface area contributed by atoms with Crippen LogP contribution in [-0.4, -0.2) is 25.9 Å². The van der Waals surface area contributed by atoms with E-state index in [1.165, 1.54) is 24.3 Å². The van der Waals surface area contributed by atoms with E-state index in [4.69, 9.17) is 20.9 Å². The summed E-state index contributed by atoms with van der Waals surface area (Å²) in [4.78, 5) is -1.26. The number of rotatable bonds is 7. The monoisotopic (exact) mass is 528 g/mol. The van der Waals surface area contributed by atoms with Gasteiger partial charge in [-0.15, -0.1) is 0 Å². The molecule has 0 spiro atoms. The molecule has 0 aliphatic carbocycles. The van der Waals surface area contributed by atoms with Crippen LogP contribution < -0.4 is 20.9 Å². The van der Waals surface area contributed by atoms with Crippen LogP contribution in [0.5, 0.6) is 23.0 Å². The van der Waals surface area contributed by atoms with E-state index < -0.39 is 30.0 Å². The van der Waals surface area contributed by atoms with Crippen LogP contribution in [0.1, 0.15) is 0 Å². The Morgan fingerprint density at radius 3 is 1.11 bits per heavy atom. The molecule has 0 saturated carbocycles. The number of hydrogen-bond acceptors (Lipinski definition) is 8. The van der Waals surface area contributed by atoms with Gasteiger partial charge in [0.25, 0.3) is 20.2 Å². The Morgan fingerprint density at radius 1 is 0.500 bits per heavy atom. The van der Waals surface area contributed by atoms with Crippen molar-refractivity contribution in [3.63, 3.8) is 0 Å². The summed E-state index contributed by atoms with van der Waals surface area (Å²) in [5.74, 6) is 0.794. The van der Waals surface area contributed by atoms with Gasteiger partial charge in [0.2, 0.25) is 0 Å². The molecule has 0 unspecified atom stereocenters. The third-order valence-corrected chi connectivity index (χ3v) is 6.77. The number of benzene rings is 4. The first-order chi connectivity index (χ1) is 16.9. The quantitative estimate of drug-likeness (QED) is 0.196. The van der Waals surface area contributed by atoms with Crippen LogP contribution in [0.3, 0.4) is 0 Å². The van der Waals surface area contributed by atoms with E-state index in [1.54, 1.807) is 48.5 Å². The molecule has 4 aromatic rings. The molecule has 0 aromatic heterocycles. The van der Waals surface area contributed by atoms with E-state index in [0.29, 0.717) is 22.9 Å². The third-order valence-electron chi connectivity index (χ3n) is 4.98. The van der Waals surface area contributed by atoms with Crippen molar-refractivity contribution in [2.45, 2.75) is 9.79 Å². The number of anilines is 2. The van der Waals surface area contributed by atoms with E-state index in [0.717, 1.165) is 12.1 Å². The molecule has 0 radical (unpaired) electrons. The topological polar surface area (TPSA) is 179 Å². The predicted molar refractivity (Wildman–Crippen MR) is 133 cm³/mol. The smallest absolute Gasteiger partial charge is 0.295 e. The fourth-order valence-corrected chi connectivity index (χ4v) is 4.79. The summed E-state index contributed by atoms with van der Waals surface area (Å²) < 4.78 is 79.8. The van der Waals surface area contributed by atoms with Gasteiger partial charge in [0.1, 0.15) is 32.8 Å². The summed E-state index contributed by atoms with van der Waals surface area (Å²) in [6.07, 6.45) is 0. The van der Waals surface area contributed by atoms with Gasteiger partial charge in [-0.25, -0.2) is 0 Å². The van der Waals surface area contributed by atoms with Crippen molar-refractivity contribution >= 4 is 31.6 Å². The van der Waals surface area contributed by atoms with Crippen molar-refractivity contribution in [1.82, 2.24) is 0 Å². The van der Waals surface area contributed by atoms with Crippen LogP contribution in [-0.2, 0) is 20.2 Å². The highest BCUT2D eigenvalue weighted by Crippen LogP contribution is 2.38. The molecule has 0 aliphatic heterocycles. The van der Waals surface area contributed by atoms with Gasteiger partial charge in [0.15, 0.2) is 0 Å². The summed E-state index contributed by atoms with van der Waals surface area (Å²) in [5.41, 5.74) is 11.9. The molecule has 4 rings (SSSR count). The van der Waals surface area contributed by atoms with Crippen molar-refractivity contribution in [2.24, 2.45) is 0 Å². The molecule has 0 heterocycles. The second-order valence-electron chi connectivity index (χ2n) is 7.61. The molecule has 10 nitrogen and oxygen atoms in total. The Balaban J connectivity index is 1.79. The molecule has 36 heavy (non-hydrogen) atoms. The summed E-state index contributed by atoms with van der Waals surface area (Å²) in [5, 5.41) is 0. The van der Waals surface area contributed by atoms with Crippen molar-refractivity contribution in [3.05, 3.63) is 84.9 Å². The van der Waals surface area contributed by atoms with Crippen molar-refractivity contribution in [1.29, 1.82) is 0 Å². The Labute approximate surface area is 207 Å². The lowest BCUT2D eigenvalue weighted by atomic mass is 10.1. The molecule has 0 atom stereocenters. The van der Waals surface area contributed by atoms with Gasteiger partial charge < -0.3 is 20.9 Å². The Bertz CT molecular complexity index is 1510. The molecule has 12 heteroatoms. The molecule has 186 valence electrons. The lowest BCUT2D eigenvalue weighted by Crippen LogP contribution is -2.06. The average Bonchev–Trinajstić information content (AvgIpc) is 2.81. The largest absolute Gasteiger partial charge is 0.457 e. The first-order valence-corrected chi connectivity index (χ1v) is 13.1. The standard InChI is InChI=1S/C24H20N2O8S2/c25-15-1-5-17(6-2-15)33-19-9-11-21(23(13-19)35(27,28)29)22-12-10-20(14-24(22)36(30,31)32)34-18-7-3-16(26)4-8-18/h1-14H,25-26H2,(H,27,28,29)(H,30,31,32). The number of ether oxygens (including phenoxy) is 2. The van der Waals surface area contributed by atoms with Crippen LogP contribution in [0.4, 0.5) is 11.4 Å². The average molecular weight is 529 g/mol. The fraction of sp³-hybridized carbons (Fsp3) is 0. The van der Waals surface area contributed by atoms with Gasteiger partial charge in [-0.05, 0) is 72.8 Å². The maximum Gasteiger partial charge on any atom is 0.295 e. The summed E-state index contributed by atoms with van der Waals surface area (Å²) in [6.45, 7) is 0. The minimum atomic E-state index is -4.85. The summed E-state index contributed by atoms with van der Waals surface area (Å²) >= 11 is 0. The van der Waals surface area contributed by atoms with Crippen LogP contribution in [0, 0.1) is 0 Å². The lowest BCUT2D eigenvalue weighted by molar-refractivity contribution is 0.470. The number of nitrogens with two attached hydrogens (primary N) is 2. The Hall–Kier alpha value is -4.10. The molecular formula is C24H20N2O8S2. The van der Waals surface area contributed by atoms with E-state index in [9.17, 15) is 25.9 Å². The first-order valence-electron chi connectivity index (χ1n) is 10.2. The van der Waals surface area contributed by atoms with Crippen LogP contribution in [0.2, 0.25) is 0 Å². The summed E-state index contributed by atoms with van der Waals surface area (Å²) in [7, 11) is -9.70. The van der Waals surface area contributed by atoms with Gasteiger partial charge in [-0.1, -0.05) is 0 Å². The van der Waals surface area contributed by atoms with E-state index in [-0.39, 0.29) is 22.6 Å². The van der Waals surface area contributed by atoms with Crippen LogP contribution >= 0.6 is 0 Å². The minimum Gasteiger partial charge on any atom is -0.457 e. The molecular weight excluding hydrogens is 508 g/mol.